The van der Waals surface area contributed by atoms with Gasteiger partial charge in [-0.2, -0.15) is 5.10 Å². The summed E-state index contributed by atoms with van der Waals surface area (Å²) < 4.78 is 1.72. The average molecular weight is 317 g/mol. The average Bonchev–Trinajstić information content (AvgIpc) is 2.97. The molecule has 1 aromatic carbocycles. The van der Waals surface area contributed by atoms with E-state index in [0.29, 0.717) is 10.7 Å². The molecule has 0 unspecified atom stereocenters. The van der Waals surface area contributed by atoms with Crippen LogP contribution in [0.4, 0.5) is 0 Å². The van der Waals surface area contributed by atoms with E-state index >= 15 is 0 Å². The van der Waals surface area contributed by atoms with Crippen molar-refractivity contribution in [3.8, 4) is 5.69 Å². The van der Waals surface area contributed by atoms with E-state index in [9.17, 15) is 4.79 Å². The number of hydrazine groups is 1. The topological polar surface area (TPSA) is 71.0 Å². The van der Waals surface area contributed by atoms with E-state index in [1.807, 2.05) is 45.2 Å². The third-order valence-corrected chi connectivity index (χ3v) is 2.88. The summed E-state index contributed by atoms with van der Waals surface area (Å²) in [7, 11) is 0. The molecule has 1 heterocycles. The van der Waals surface area contributed by atoms with Crippen molar-refractivity contribution in [3.05, 3.63) is 48.3 Å². The first kappa shape index (κ1) is 16.0. The van der Waals surface area contributed by atoms with Gasteiger partial charge in [0.05, 0.1) is 5.69 Å². The molecule has 0 saturated heterocycles. The minimum Gasteiger partial charge on any atom is -0.357 e. The molecule has 0 atom stereocenters. The summed E-state index contributed by atoms with van der Waals surface area (Å²) in [6.07, 6.45) is 3.54. The van der Waals surface area contributed by atoms with Crippen molar-refractivity contribution >= 4 is 23.2 Å². The second-order valence-electron chi connectivity index (χ2n) is 5.78. The Bertz CT molecular complexity index is 644. The molecule has 7 heteroatoms. The van der Waals surface area contributed by atoms with Gasteiger partial charge in [-0.3, -0.25) is 15.6 Å². The zero-order valence-electron chi connectivity index (χ0n) is 12.8. The highest BCUT2D eigenvalue weighted by Crippen LogP contribution is 2.08. The molecule has 1 aromatic heterocycles. The summed E-state index contributed by atoms with van der Waals surface area (Å²) in [4.78, 5) is 12.0. The van der Waals surface area contributed by atoms with Gasteiger partial charge in [-0.25, -0.2) is 4.68 Å². The number of benzene rings is 1. The second-order valence-corrected chi connectivity index (χ2v) is 6.19. The van der Waals surface area contributed by atoms with Gasteiger partial charge in [0.15, 0.2) is 5.11 Å². The van der Waals surface area contributed by atoms with Gasteiger partial charge in [-0.05, 0) is 63.3 Å². The van der Waals surface area contributed by atoms with E-state index in [2.05, 4.69) is 21.3 Å². The molecule has 0 saturated carbocycles. The fourth-order valence-corrected chi connectivity index (χ4v) is 2.10. The third-order valence-electron chi connectivity index (χ3n) is 2.68. The first-order valence-corrected chi connectivity index (χ1v) is 7.24. The molecular weight excluding hydrogens is 298 g/mol. The lowest BCUT2D eigenvalue weighted by Crippen LogP contribution is -2.52. The summed E-state index contributed by atoms with van der Waals surface area (Å²) in [6.45, 7) is 5.95. The van der Waals surface area contributed by atoms with Crippen molar-refractivity contribution in [2.45, 2.75) is 26.3 Å². The highest BCUT2D eigenvalue weighted by atomic mass is 32.1. The van der Waals surface area contributed by atoms with Crippen LogP contribution in [0, 0.1) is 0 Å². The molecule has 0 bridgehead atoms. The first-order valence-electron chi connectivity index (χ1n) is 6.84. The van der Waals surface area contributed by atoms with Gasteiger partial charge in [0, 0.05) is 23.5 Å². The highest BCUT2D eigenvalue weighted by Gasteiger charge is 2.12. The number of nitrogens with one attached hydrogen (secondary N) is 3. The van der Waals surface area contributed by atoms with Gasteiger partial charge < -0.3 is 5.32 Å². The minimum atomic E-state index is -0.259. The Kier molecular flexibility index (Phi) is 4.77. The monoisotopic (exact) mass is 317 g/mol. The molecule has 0 aliphatic heterocycles. The molecule has 116 valence electrons. The fourth-order valence-electron chi connectivity index (χ4n) is 1.74. The number of aromatic nitrogens is 2. The molecular formula is C15H19N5OS. The van der Waals surface area contributed by atoms with Gasteiger partial charge in [0.25, 0.3) is 5.91 Å². The molecule has 22 heavy (non-hydrogen) atoms. The van der Waals surface area contributed by atoms with E-state index in [1.165, 1.54) is 0 Å². The van der Waals surface area contributed by atoms with Crippen LogP contribution >= 0.6 is 12.2 Å². The first-order chi connectivity index (χ1) is 10.3. The number of nitrogens with zero attached hydrogens (tertiary/aromatic N) is 2. The van der Waals surface area contributed by atoms with Crippen molar-refractivity contribution < 1.29 is 4.79 Å². The maximum absolute atomic E-state index is 12.0. The van der Waals surface area contributed by atoms with Crippen molar-refractivity contribution in [1.82, 2.24) is 25.9 Å². The molecule has 1 amide bonds. The fraction of sp³-hybridized carbons (Fsp3) is 0.267. The summed E-state index contributed by atoms with van der Waals surface area (Å²) in [5.74, 6) is -0.259. The predicted octanol–water partition coefficient (Wildman–Crippen LogP) is 1.78. The van der Waals surface area contributed by atoms with Crippen LogP contribution in [-0.2, 0) is 0 Å². The summed E-state index contributed by atoms with van der Waals surface area (Å²) in [5.41, 5.74) is 6.49. The largest absolute Gasteiger partial charge is 0.357 e. The molecule has 2 rings (SSSR count). The highest BCUT2D eigenvalue weighted by molar-refractivity contribution is 7.80. The zero-order chi connectivity index (χ0) is 16.2. The number of hydrogen-bond donors (Lipinski definition) is 3. The summed E-state index contributed by atoms with van der Waals surface area (Å²) >= 11 is 5.10. The molecule has 6 nitrogen and oxygen atoms in total. The van der Waals surface area contributed by atoms with Crippen LogP contribution in [0.5, 0.6) is 0 Å². The Hall–Kier alpha value is -2.41. The maximum Gasteiger partial charge on any atom is 0.269 e. The van der Waals surface area contributed by atoms with Crippen LogP contribution in [0.25, 0.3) is 5.69 Å². The number of thiocarbonyl (C=S) groups is 1. The zero-order valence-corrected chi connectivity index (χ0v) is 13.6. The van der Waals surface area contributed by atoms with Crippen LogP contribution < -0.4 is 16.2 Å². The molecule has 0 fully saturated rings. The Balaban J connectivity index is 1.92. The number of carbonyl (C=O) groups is 1. The molecule has 3 N–H and O–H groups in total. The lowest BCUT2D eigenvalue weighted by atomic mass is 10.1. The van der Waals surface area contributed by atoms with Crippen LogP contribution in [0.2, 0.25) is 0 Å². The molecule has 0 aliphatic carbocycles. The van der Waals surface area contributed by atoms with Crippen molar-refractivity contribution in [1.29, 1.82) is 0 Å². The minimum absolute atomic E-state index is 0.166. The van der Waals surface area contributed by atoms with E-state index in [4.69, 9.17) is 12.2 Å². The molecule has 0 spiro atoms. The molecule has 2 aromatic rings. The van der Waals surface area contributed by atoms with E-state index < -0.39 is 0 Å². The standard InChI is InChI=1S/C15H19N5OS/c1-15(2,3)17-14(22)19-18-13(21)11-5-7-12(8-6-11)20-10-4-9-16-20/h4-10H,1-3H3,(H,18,21)(H2,17,19,22). The Morgan fingerprint density at radius 1 is 1.18 bits per heavy atom. The van der Waals surface area contributed by atoms with Crippen molar-refractivity contribution in [2.75, 3.05) is 0 Å². The quantitative estimate of drug-likeness (QED) is 0.582. The van der Waals surface area contributed by atoms with E-state index in [0.717, 1.165) is 5.69 Å². The SMILES string of the molecule is CC(C)(C)NC(=S)NNC(=O)c1ccc(-n2cccn2)cc1. The number of rotatable bonds is 2. The van der Waals surface area contributed by atoms with Gasteiger partial charge in [-0.15, -0.1) is 0 Å². The van der Waals surface area contributed by atoms with Crippen LogP contribution in [0.3, 0.4) is 0 Å². The summed E-state index contributed by atoms with van der Waals surface area (Å²) in [5, 5.41) is 7.55. The molecule has 0 radical (unpaired) electrons. The van der Waals surface area contributed by atoms with E-state index in [1.54, 1.807) is 23.0 Å². The lowest BCUT2D eigenvalue weighted by Gasteiger charge is -2.23. The molecule has 0 aliphatic rings. The Morgan fingerprint density at radius 3 is 2.41 bits per heavy atom. The van der Waals surface area contributed by atoms with Crippen LogP contribution in [0.15, 0.2) is 42.7 Å². The van der Waals surface area contributed by atoms with Gasteiger partial charge in [0.2, 0.25) is 0 Å². The van der Waals surface area contributed by atoms with Gasteiger partial charge in [-0.1, -0.05) is 0 Å². The summed E-state index contributed by atoms with van der Waals surface area (Å²) in [6, 6.07) is 8.96. The van der Waals surface area contributed by atoms with Crippen molar-refractivity contribution in [2.24, 2.45) is 0 Å². The second kappa shape index (κ2) is 6.57. The van der Waals surface area contributed by atoms with Crippen molar-refractivity contribution in [3.63, 3.8) is 0 Å². The van der Waals surface area contributed by atoms with Gasteiger partial charge in [0.1, 0.15) is 0 Å². The number of amides is 1. The van der Waals surface area contributed by atoms with Gasteiger partial charge >= 0.3 is 0 Å². The third kappa shape index (κ3) is 4.56. The Labute approximate surface area is 134 Å². The predicted molar refractivity (Wildman–Crippen MR) is 89.7 cm³/mol. The van der Waals surface area contributed by atoms with Crippen LogP contribution in [0.1, 0.15) is 31.1 Å². The van der Waals surface area contributed by atoms with E-state index in [-0.39, 0.29) is 11.4 Å². The maximum atomic E-state index is 12.0. The normalized spacial score (nSPS) is 10.9. The number of carbonyl (C=O) groups excluding carboxylic acids is 1. The number of hydrogen-bond acceptors (Lipinski definition) is 3. The smallest absolute Gasteiger partial charge is 0.269 e. The Morgan fingerprint density at radius 2 is 1.86 bits per heavy atom. The lowest BCUT2D eigenvalue weighted by molar-refractivity contribution is 0.0943. The van der Waals surface area contributed by atoms with Crippen LogP contribution in [-0.4, -0.2) is 26.3 Å².